The zero-order chi connectivity index (χ0) is 8.55. The maximum absolute atomic E-state index is 10.7. The third-order valence-electron chi connectivity index (χ3n) is 2.87. The topological polar surface area (TPSA) is 40.5 Å². The Kier molecular flexibility index (Phi) is 3.56. The van der Waals surface area contributed by atoms with Crippen LogP contribution in [0.4, 0.5) is 0 Å². The van der Waals surface area contributed by atoms with Gasteiger partial charge in [-0.15, -0.1) is 12.4 Å². The Morgan fingerprint density at radius 1 is 1.31 bits per heavy atom. The van der Waals surface area contributed by atoms with Crippen LogP contribution in [0, 0.1) is 5.92 Å². The molecule has 0 aromatic rings. The largest absolute Gasteiger partial charge is 0.481 e. The van der Waals surface area contributed by atoms with Crippen molar-refractivity contribution in [1.82, 2.24) is 4.90 Å². The van der Waals surface area contributed by atoms with Crippen molar-refractivity contribution in [3.05, 3.63) is 0 Å². The average molecular weight is 206 g/mol. The molecule has 76 valence electrons. The smallest absolute Gasteiger partial charge is 0.307 e. The highest BCUT2D eigenvalue weighted by molar-refractivity contribution is 5.85. The van der Waals surface area contributed by atoms with Crippen LogP contribution in [0.25, 0.3) is 0 Å². The lowest BCUT2D eigenvalue weighted by molar-refractivity contribution is -0.143. The van der Waals surface area contributed by atoms with Gasteiger partial charge in [0.1, 0.15) is 0 Å². The number of aliphatic carboxylic acids is 1. The Morgan fingerprint density at radius 2 is 2.00 bits per heavy atom. The van der Waals surface area contributed by atoms with E-state index in [0.717, 1.165) is 32.0 Å². The number of hydrogen-bond acceptors (Lipinski definition) is 2. The van der Waals surface area contributed by atoms with Crippen molar-refractivity contribution >= 4 is 18.4 Å². The van der Waals surface area contributed by atoms with E-state index >= 15 is 0 Å². The van der Waals surface area contributed by atoms with Crippen LogP contribution in [0.1, 0.15) is 25.7 Å². The van der Waals surface area contributed by atoms with Crippen LogP contribution in [-0.4, -0.2) is 35.1 Å². The second-order valence-electron chi connectivity index (χ2n) is 3.90. The molecule has 1 aliphatic heterocycles. The predicted molar refractivity (Wildman–Crippen MR) is 52.2 cm³/mol. The van der Waals surface area contributed by atoms with Crippen molar-refractivity contribution in [2.75, 3.05) is 13.1 Å². The van der Waals surface area contributed by atoms with Crippen molar-refractivity contribution in [3.8, 4) is 0 Å². The van der Waals surface area contributed by atoms with Crippen LogP contribution >= 0.6 is 12.4 Å². The number of carboxylic acids is 1. The SMILES string of the molecule is Cl.O=C(O)C1CCCN(C2CC2)C1. The predicted octanol–water partition coefficient (Wildman–Crippen LogP) is 1.37. The van der Waals surface area contributed by atoms with E-state index in [9.17, 15) is 4.79 Å². The molecule has 1 saturated heterocycles. The fraction of sp³-hybridized carbons (Fsp3) is 0.889. The van der Waals surface area contributed by atoms with Crippen molar-refractivity contribution in [3.63, 3.8) is 0 Å². The summed E-state index contributed by atoms with van der Waals surface area (Å²) >= 11 is 0. The first-order chi connectivity index (χ1) is 5.77. The third-order valence-corrected chi connectivity index (χ3v) is 2.87. The molecule has 1 atom stereocenters. The van der Waals surface area contributed by atoms with Gasteiger partial charge in [-0.25, -0.2) is 0 Å². The van der Waals surface area contributed by atoms with Gasteiger partial charge >= 0.3 is 5.97 Å². The summed E-state index contributed by atoms with van der Waals surface area (Å²) in [7, 11) is 0. The van der Waals surface area contributed by atoms with Gasteiger partial charge in [0.2, 0.25) is 0 Å². The average Bonchev–Trinajstić information content (AvgIpc) is 2.87. The number of likely N-dealkylation sites (tertiary alicyclic amines) is 1. The van der Waals surface area contributed by atoms with E-state index in [0.29, 0.717) is 0 Å². The quantitative estimate of drug-likeness (QED) is 0.740. The lowest BCUT2D eigenvalue weighted by Crippen LogP contribution is -2.39. The van der Waals surface area contributed by atoms with Crippen LogP contribution in [-0.2, 0) is 4.79 Å². The second kappa shape index (κ2) is 4.29. The minimum Gasteiger partial charge on any atom is -0.481 e. The van der Waals surface area contributed by atoms with Gasteiger partial charge in [0.15, 0.2) is 0 Å². The van der Waals surface area contributed by atoms with Crippen LogP contribution in [0.15, 0.2) is 0 Å². The van der Waals surface area contributed by atoms with Gasteiger partial charge in [-0.3, -0.25) is 9.69 Å². The van der Waals surface area contributed by atoms with E-state index in [1.165, 1.54) is 12.8 Å². The van der Waals surface area contributed by atoms with Crippen LogP contribution in [0.2, 0.25) is 0 Å². The fourth-order valence-electron chi connectivity index (χ4n) is 1.98. The maximum Gasteiger partial charge on any atom is 0.307 e. The van der Waals surface area contributed by atoms with Gasteiger partial charge in [-0.1, -0.05) is 0 Å². The molecule has 0 radical (unpaired) electrons. The Morgan fingerprint density at radius 3 is 2.54 bits per heavy atom. The van der Waals surface area contributed by atoms with E-state index in [2.05, 4.69) is 4.90 Å². The van der Waals surface area contributed by atoms with Crippen molar-refractivity contribution in [2.24, 2.45) is 5.92 Å². The first-order valence-electron chi connectivity index (χ1n) is 4.74. The Balaban J connectivity index is 0.000000845. The maximum atomic E-state index is 10.7. The molecule has 2 aliphatic rings. The molecule has 1 heterocycles. The van der Waals surface area contributed by atoms with Crippen molar-refractivity contribution in [1.29, 1.82) is 0 Å². The van der Waals surface area contributed by atoms with Crippen LogP contribution < -0.4 is 0 Å². The highest BCUT2D eigenvalue weighted by Gasteiger charge is 2.34. The van der Waals surface area contributed by atoms with Gasteiger partial charge in [0, 0.05) is 12.6 Å². The van der Waals surface area contributed by atoms with Gasteiger partial charge < -0.3 is 5.11 Å². The first-order valence-corrected chi connectivity index (χ1v) is 4.74. The molecule has 1 unspecified atom stereocenters. The summed E-state index contributed by atoms with van der Waals surface area (Å²) in [4.78, 5) is 13.1. The first kappa shape index (κ1) is 10.8. The molecule has 2 rings (SSSR count). The molecule has 4 heteroatoms. The monoisotopic (exact) mass is 205 g/mol. The minimum absolute atomic E-state index is 0. The van der Waals surface area contributed by atoms with E-state index in [1.807, 2.05) is 0 Å². The number of carbonyl (C=O) groups is 1. The lowest BCUT2D eigenvalue weighted by Gasteiger charge is -2.30. The number of piperidine rings is 1. The van der Waals surface area contributed by atoms with Crippen molar-refractivity contribution < 1.29 is 9.90 Å². The summed E-state index contributed by atoms with van der Waals surface area (Å²) in [6.07, 6.45) is 4.50. The normalized spacial score (nSPS) is 29.4. The van der Waals surface area contributed by atoms with Crippen molar-refractivity contribution in [2.45, 2.75) is 31.7 Å². The molecule has 0 amide bonds. The highest BCUT2D eigenvalue weighted by atomic mass is 35.5. The zero-order valence-electron chi connectivity index (χ0n) is 7.61. The molecule has 0 spiro atoms. The second-order valence-corrected chi connectivity index (χ2v) is 3.90. The van der Waals surface area contributed by atoms with E-state index < -0.39 is 5.97 Å². The molecule has 0 aromatic carbocycles. The molecule has 3 nitrogen and oxygen atoms in total. The number of carboxylic acid groups (broad SMARTS) is 1. The number of rotatable bonds is 2. The van der Waals surface area contributed by atoms with Crippen LogP contribution in [0.5, 0.6) is 0 Å². The van der Waals surface area contributed by atoms with Gasteiger partial charge in [-0.05, 0) is 32.2 Å². The summed E-state index contributed by atoms with van der Waals surface area (Å²) < 4.78 is 0. The Bertz CT molecular complexity index is 194. The number of nitrogens with zero attached hydrogens (tertiary/aromatic N) is 1. The fourth-order valence-corrected chi connectivity index (χ4v) is 1.98. The molecule has 0 bridgehead atoms. The van der Waals surface area contributed by atoms with Gasteiger partial charge in [-0.2, -0.15) is 0 Å². The minimum atomic E-state index is -0.611. The molecule has 1 aliphatic carbocycles. The summed E-state index contributed by atoms with van der Waals surface area (Å²) in [5, 5.41) is 8.83. The summed E-state index contributed by atoms with van der Waals surface area (Å²) in [5.41, 5.74) is 0. The molecule has 0 aromatic heterocycles. The summed E-state index contributed by atoms with van der Waals surface area (Å²) in [6, 6.07) is 0.729. The molecule has 13 heavy (non-hydrogen) atoms. The zero-order valence-corrected chi connectivity index (χ0v) is 8.42. The molecule has 1 saturated carbocycles. The third kappa shape index (κ3) is 2.58. The molecular formula is C9H16ClNO2. The number of halogens is 1. The molecular weight excluding hydrogens is 190 g/mol. The molecule has 2 fully saturated rings. The highest BCUT2D eigenvalue weighted by Crippen LogP contribution is 2.30. The lowest BCUT2D eigenvalue weighted by atomic mass is 9.98. The summed E-state index contributed by atoms with van der Waals surface area (Å²) in [6.45, 7) is 1.91. The van der Waals surface area contributed by atoms with E-state index in [4.69, 9.17) is 5.11 Å². The van der Waals surface area contributed by atoms with Gasteiger partial charge in [0.25, 0.3) is 0 Å². The Labute approximate surface area is 84.5 Å². The van der Waals surface area contributed by atoms with Crippen LogP contribution in [0.3, 0.4) is 0 Å². The van der Waals surface area contributed by atoms with E-state index in [-0.39, 0.29) is 18.3 Å². The summed E-state index contributed by atoms with van der Waals surface area (Å²) in [5.74, 6) is -0.709. The standard InChI is InChI=1S/C9H15NO2.ClH/c11-9(12)7-2-1-5-10(6-7)8-3-4-8;/h7-8H,1-6H2,(H,11,12);1H. The van der Waals surface area contributed by atoms with Gasteiger partial charge in [0.05, 0.1) is 5.92 Å². The number of hydrogen-bond donors (Lipinski definition) is 1. The molecule has 1 N–H and O–H groups in total. The van der Waals surface area contributed by atoms with E-state index in [1.54, 1.807) is 0 Å². The Hall–Kier alpha value is -0.280.